The van der Waals surface area contributed by atoms with E-state index < -0.39 is 5.97 Å². The first-order valence-corrected chi connectivity index (χ1v) is 7.62. The maximum atomic E-state index is 10.9. The van der Waals surface area contributed by atoms with Crippen molar-refractivity contribution in [3.63, 3.8) is 0 Å². The number of aromatic nitrogens is 3. The van der Waals surface area contributed by atoms with Crippen LogP contribution in [0.5, 0.6) is 0 Å². The number of aryl methyl sites for hydroxylation is 1. The number of hydrogen-bond acceptors (Lipinski definition) is 6. The minimum Gasteiger partial charge on any atom is -0.478 e. The van der Waals surface area contributed by atoms with Crippen LogP contribution in [0.2, 0.25) is 5.02 Å². The number of aliphatic carboxylic acids is 1. The third kappa shape index (κ3) is 3.19. The molecule has 1 N–H and O–H groups in total. The molecule has 0 aliphatic carbocycles. The van der Waals surface area contributed by atoms with Gasteiger partial charge in [-0.3, -0.25) is 0 Å². The zero-order chi connectivity index (χ0) is 16.4. The number of pyridine rings is 1. The molecule has 0 radical (unpaired) electrons. The van der Waals surface area contributed by atoms with Gasteiger partial charge in [0.15, 0.2) is 0 Å². The topological polar surface area (TPSA) is 92.4 Å². The summed E-state index contributed by atoms with van der Waals surface area (Å²) >= 11 is 6.32. The van der Waals surface area contributed by atoms with Gasteiger partial charge in [0.25, 0.3) is 0 Å². The van der Waals surface area contributed by atoms with Crippen molar-refractivity contribution in [3.8, 4) is 11.5 Å². The summed E-state index contributed by atoms with van der Waals surface area (Å²) in [5, 5.41) is 17.3. The summed E-state index contributed by atoms with van der Waals surface area (Å²) in [6, 6.07) is 1.73. The van der Waals surface area contributed by atoms with Crippen LogP contribution in [0.15, 0.2) is 28.3 Å². The van der Waals surface area contributed by atoms with Gasteiger partial charge in [-0.1, -0.05) is 24.6 Å². The van der Waals surface area contributed by atoms with Crippen LogP contribution in [0, 0.1) is 0 Å². The molecule has 23 heavy (non-hydrogen) atoms. The maximum Gasteiger partial charge on any atom is 0.331 e. The van der Waals surface area contributed by atoms with Gasteiger partial charge in [-0.25, -0.2) is 9.78 Å². The van der Waals surface area contributed by atoms with Crippen LogP contribution >= 0.6 is 11.6 Å². The molecule has 8 heteroatoms. The number of carboxylic acid groups (broad SMARTS) is 1. The van der Waals surface area contributed by atoms with Gasteiger partial charge in [0.05, 0.1) is 10.6 Å². The van der Waals surface area contributed by atoms with Crippen molar-refractivity contribution in [1.29, 1.82) is 0 Å². The third-order valence-electron chi connectivity index (χ3n) is 3.62. The number of anilines is 1. The quantitative estimate of drug-likeness (QED) is 0.918. The van der Waals surface area contributed by atoms with Crippen molar-refractivity contribution < 1.29 is 14.3 Å². The molecule has 0 saturated heterocycles. The van der Waals surface area contributed by atoms with Crippen molar-refractivity contribution in [1.82, 2.24) is 15.2 Å². The highest BCUT2D eigenvalue weighted by molar-refractivity contribution is 6.33. The Morgan fingerprint density at radius 1 is 1.48 bits per heavy atom. The average molecular weight is 335 g/mol. The maximum absolute atomic E-state index is 10.9. The molecule has 0 saturated carbocycles. The molecule has 3 heterocycles. The zero-order valence-corrected chi connectivity index (χ0v) is 13.2. The first-order chi connectivity index (χ1) is 11.1. The molecular formula is C15H15ClN4O3. The predicted molar refractivity (Wildman–Crippen MR) is 84.5 cm³/mol. The standard InChI is InChI=1S/C15H15ClN4O3/c1-2-12-18-19-14(23-12)10-7-11(16)13(17-8-10)20-5-3-9(4-6-20)15(21)22/h3,7-8H,2,4-6H2,1H3,(H,21,22). The van der Waals surface area contributed by atoms with E-state index >= 15 is 0 Å². The SMILES string of the molecule is CCc1nnc(-c2cnc(N3CC=C(C(=O)O)CC3)c(Cl)c2)o1. The largest absolute Gasteiger partial charge is 0.478 e. The van der Waals surface area contributed by atoms with E-state index in [1.54, 1.807) is 18.3 Å². The highest BCUT2D eigenvalue weighted by Crippen LogP contribution is 2.29. The fourth-order valence-corrected chi connectivity index (χ4v) is 2.64. The Balaban J connectivity index is 1.81. The number of rotatable bonds is 4. The van der Waals surface area contributed by atoms with Crippen LogP contribution < -0.4 is 4.90 Å². The van der Waals surface area contributed by atoms with E-state index in [9.17, 15) is 4.79 Å². The minimum absolute atomic E-state index is 0.384. The molecule has 120 valence electrons. The predicted octanol–water partition coefficient (Wildman–Crippen LogP) is 2.57. The summed E-state index contributed by atoms with van der Waals surface area (Å²) in [4.78, 5) is 17.2. The fourth-order valence-electron chi connectivity index (χ4n) is 2.35. The molecule has 3 rings (SSSR count). The van der Waals surface area contributed by atoms with Gasteiger partial charge >= 0.3 is 5.97 Å². The lowest BCUT2D eigenvalue weighted by Crippen LogP contribution is -2.31. The molecule has 2 aromatic rings. The Kier molecular flexibility index (Phi) is 4.29. The third-order valence-corrected chi connectivity index (χ3v) is 3.90. The van der Waals surface area contributed by atoms with E-state index in [4.69, 9.17) is 21.1 Å². The van der Waals surface area contributed by atoms with Crippen molar-refractivity contribution in [3.05, 3.63) is 34.8 Å². The molecule has 0 fully saturated rings. The van der Waals surface area contributed by atoms with Gasteiger partial charge in [0.1, 0.15) is 5.82 Å². The summed E-state index contributed by atoms with van der Waals surface area (Å²) in [6.07, 6.45) is 4.44. The zero-order valence-electron chi connectivity index (χ0n) is 12.5. The van der Waals surface area contributed by atoms with E-state index in [1.165, 1.54) is 0 Å². The minimum atomic E-state index is -0.873. The van der Waals surface area contributed by atoms with E-state index in [0.717, 1.165) is 0 Å². The van der Waals surface area contributed by atoms with Crippen LogP contribution in [-0.2, 0) is 11.2 Å². The van der Waals surface area contributed by atoms with Crippen LogP contribution in [-0.4, -0.2) is 39.3 Å². The molecule has 0 atom stereocenters. The highest BCUT2D eigenvalue weighted by Gasteiger charge is 2.20. The van der Waals surface area contributed by atoms with Gasteiger partial charge in [0.2, 0.25) is 11.8 Å². The van der Waals surface area contributed by atoms with Crippen molar-refractivity contribution in [2.24, 2.45) is 0 Å². The number of nitrogens with zero attached hydrogens (tertiary/aromatic N) is 4. The van der Waals surface area contributed by atoms with Crippen molar-refractivity contribution in [2.45, 2.75) is 19.8 Å². The Bertz CT molecular complexity index is 772. The second-order valence-corrected chi connectivity index (χ2v) is 5.52. The molecule has 1 aliphatic rings. The molecule has 1 aliphatic heterocycles. The second kappa shape index (κ2) is 6.37. The van der Waals surface area contributed by atoms with Gasteiger partial charge in [0, 0.05) is 31.3 Å². The monoisotopic (exact) mass is 334 g/mol. The van der Waals surface area contributed by atoms with Crippen LogP contribution in [0.4, 0.5) is 5.82 Å². The fraction of sp³-hybridized carbons (Fsp3) is 0.333. The first kappa shape index (κ1) is 15.5. The van der Waals surface area contributed by atoms with E-state index in [-0.39, 0.29) is 0 Å². The lowest BCUT2D eigenvalue weighted by molar-refractivity contribution is -0.132. The second-order valence-electron chi connectivity index (χ2n) is 5.11. The van der Waals surface area contributed by atoms with Gasteiger partial charge in [-0.05, 0) is 12.5 Å². The molecule has 0 aromatic carbocycles. The average Bonchev–Trinajstić information content (AvgIpc) is 3.04. The molecule has 0 spiro atoms. The number of carboxylic acids is 1. The number of carbonyl (C=O) groups is 1. The van der Waals surface area contributed by atoms with Crippen LogP contribution in [0.3, 0.4) is 0 Å². The molecule has 0 amide bonds. The Morgan fingerprint density at radius 2 is 2.30 bits per heavy atom. The summed E-state index contributed by atoms with van der Waals surface area (Å²) in [5.41, 5.74) is 1.08. The lowest BCUT2D eigenvalue weighted by atomic mass is 10.1. The lowest BCUT2D eigenvalue weighted by Gasteiger charge is -2.27. The van der Waals surface area contributed by atoms with Crippen molar-refractivity contribution >= 4 is 23.4 Å². The summed E-state index contributed by atoms with van der Waals surface area (Å²) in [7, 11) is 0. The molecule has 0 bridgehead atoms. The normalized spacial score (nSPS) is 14.7. The van der Waals surface area contributed by atoms with Gasteiger partial charge in [-0.15, -0.1) is 10.2 Å². The summed E-state index contributed by atoms with van der Waals surface area (Å²) in [6.45, 7) is 2.96. The van der Waals surface area contributed by atoms with Gasteiger partial charge < -0.3 is 14.4 Å². The molecular weight excluding hydrogens is 320 g/mol. The van der Waals surface area contributed by atoms with E-state index in [0.29, 0.717) is 59.7 Å². The highest BCUT2D eigenvalue weighted by atomic mass is 35.5. The first-order valence-electron chi connectivity index (χ1n) is 7.24. The van der Waals surface area contributed by atoms with E-state index in [2.05, 4.69) is 15.2 Å². The van der Waals surface area contributed by atoms with Crippen LogP contribution in [0.1, 0.15) is 19.2 Å². The smallest absolute Gasteiger partial charge is 0.331 e. The Morgan fingerprint density at radius 3 is 2.87 bits per heavy atom. The Hall–Kier alpha value is -2.41. The molecule has 0 unspecified atom stereocenters. The molecule has 2 aromatic heterocycles. The summed E-state index contributed by atoms with van der Waals surface area (Å²) in [5.74, 6) is 0.686. The number of halogens is 1. The Labute approximate surface area is 137 Å². The summed E-state index contributed by atoms with van der Waals surface area (Å²) < 4.78 is 5.49. The van der Waals surface area contributed by atoms with Crippen LogP contribution in [0.25, 0.3) is 11.5 Å². The number of hydrogen-bond donors (Lipinski definition) is 1. The van der Waals surface area contributed by atoms with Gasteiger partial charge in [-0.2, -0.15) is 0 Å². The van der Waals surface area contributed by atoms with Crippen molar-refractivity contribution in [2.75, 3.05) is 18.0 Å². The molecule has 7 nitrogen and oxygen atoms in total. The van der Waals surface area contributed by atoms with E-state index in [1.807, 2.05) is 11.8 Å².